The number of rotatable bonds is 5. The quantitative estimate of drug-likeness (QED) is 0.835. The SMILES string of the molecule is CCOC(=O)c1cccc(NC(=O)[C@H]2COc3ccc(OC)cc3C2)c1. The van der Waals surface area contributed by atoms with Gasteiger partial charge in [-0.2, -0.15) is 0 Å². The van der Waals surface area contributed by atoms with Crippen molar-refractivity contribution in [3.8, 4) is 11.5 Å². The van der Waals surface area contributed by atoms with Gasteiger partial charge >= 0.3 is 5.97 Å². The highest BCUT2D eigenvalue weighted by molar-refractivity contribution is 5.95. The summed E-state index contributed by atoms with van der Waals surface area (Å²) in [5.74, 6) is 0.626. The first-order chi connectivity index (χ1) is 12.6. The van der Waals surface area contributed by atoms with Gasteiger partial charge in [0.25, 0.3) is 0 Å². The number of hydrogen-bond donors (Lipinski definition) is 1. The molecule has 3 rings (SSSR count). The van der Waals surface area contributed by atoms with E-state index in [-0.39, 0.29) is 11.8 Å². The van der Waals surface area contributed by atoms with Crippen LogP contribution in [0.15, 0.2) is 42.5 Å². The molecule has 136 valence electrons. The third-order valence-corrected chi connectivity index (χ3v) is 4.19. The van der Waals surface area contributed by atoms with Crippen LogP contribution in [0.5, 0.6) is 11.5 Å². The maximum Gasteiger partial charge on any atom is 0.338 e. The van der Waals surface area contributed by atoms with Crippen molar-refractivity contribution in [1.29, 1.82) is 0 Å². The summed E-state index contributed by atoms with van der Waals surface area (Å²) < 4.78 is 15.9. The average molecular weight is 355 g/mol. The normalized spacial score (nSPS) is 15.4. The number of amides is 1. The molecule has 0 aliphatic carbocycles. The molecule has 0 spiro atoms. The molecule has 1 aliphatic rings. The van der Waals surface area contributed by atoms with Crippen LogP contribution in [-0.2, 0) is 16.0 Å². The molecule has 0 bridgehead atoms. The van der Waals surface area contributed by atoms with Crippen molar-refractivity contribution >= 4 is 17.6 Å². The Bertz CT molecular complexity index is 818. The minimum Gasteiger partial charge on any atom is -0.497 e. The number of nitrogens with one attached hydrogen (secondary N) is 1. The maximum absolute atomic E-state index is 12.6. The fourth-order valence-electron chi connectivity index (χ4n) is 2.85. The fraction of sp³-hybridized carbons (Fsp3) is 0.300. The summed E-state index contributed by atoms with van der Waals surface area (Å²) in [6.45, 7) is 2.36. The largest absolute Gasteiger partial charge is 0.497 e. The highest BCUT2D eigenvalue weighted by Gasteiger charge is 2.26. The number of ether oxygens (including phenoxy) is 3. The van der Waals surface area contributed by atoms with Crippen molar-refractivity contribution in [2.45, 2.75) is 13.3 Å². The number of fused-ring (bicyclic) bond motifs is 1. The summed E-state index contributed by atoms with van der Waals surface area (Å²) in [5.41, 5.74) is 1.90. The highest BCUT2D eigenvalue weighted by Crippen LogP contribution is 2.31. The van der Waals surface area contributed by atoms with Crippen molar-refractivity contribution in [2.24, 2.45) is 5.92 Å². The van der Waals surface area contributed by atoms with Gasteiger partial charge in [0.15, 0.2) is 0 Å². The van der Waals surface area contributed by atoms with Gasteiger partial charge in [0.05, 0.1) is 25.2 Å². The predicted molar refractivity (Wildman–Crippen MR) is 96.7 cm³/mol. The third kappa shape index (κ3) is 3.96. The molecule has 2 aromatic carbocycles. The number of benzene rings is 2. The zero-order valence-electron chi connectivity index (χ0n) is 14.8. The van der Waals surface area contributed by atoms with Gasteiger partial charge in [0, 0.05) is 5.69 Å². The molecule has 26 heavy (non-hydrogen) atoms. The Morgan fingerprint density at radius 3 is 2.85 bits per heavy atom. The Hall–Kier alpha value is -3.02. The number of carbonyl (C=O) groups is 2. The van der Waals surface area contributed by atoms with Crippen LogP contribution < -0.4 is 14.8 Å². The Morgan fingerprint density at radius 1 is 1.23 bits per heavy atom. The van der Waals surface area contributed by atoms with Crippen LogP contribution in [0.25, 0.3) is 0 Å². The third-order valence-electron chi connectivity index (χ3n) is 4.19. The molecule has 1 N–H and O–H groups in total. The van der Waals surface area contributed by atoms with E-state index in [9.17, 15) is 9.59 Å². The summed E-state index contributed by atoms with van der Waals surface area (Å²) in [6, 6.07) is 12.3. The van der Waals surface area contributed by atoms with Crippen molar-refractivity contribution in [3.05, 3.63) is 53.6 Å². The number of carbonyl (C=O) groups excluding carboxylic acids is 2. The molecule has 1 atom stereocenters. The minimum atomic E-state index is -0.411. The van der Waals surface area contributed by atoms with Crippen LogP contribution in [0.4, 0.5) is 5.69 Å². The molecular formula is C20H21NO5. The molecule has 0 saturated carbocycles. The fourth-order valence-corrected chi connectivity index (χ4v) is 2.85. The van der Waals surface area contributed by atoms with Gasteiger partial charge in [0.1, 0.15) is 18.1 Å². The van der Waals surface area contributed by atoms with Crippen LogP contribution in [0.3, 0.4) is 0 Å². The highest BCUT2D eigenvalue weighted by atomic mass is 16.5. The number of esters is 1. The number of methoxy groups -OCH3 is 1. The predicted octanol–water partition coefficient (Wildman–Crippen LogP) is 3.06. The second-order valence-electron chi connectivity index (χ2n) is 5.98. The molecule has 6 heteroatoms. The van der Waals surface area contributed by atoms with Crippen LogP contribution in [0, 0.1) is 5.92 Å². The van der Waals surface area contributed by atoms with Crippen LogP contribution in [-0.4, -0.2) is 32.2 Å². The Morgan fingerprint density at radius 2 is 2.08 bits per heavy atom. The van der Waals surface area contributed by atoms with Gasteiger partial charge in [-0.1, -0.05) is 6.07 Å². The smallest absolute Gasteiger partial charge is 0.338 e. The second kappa shape index (κ2) is 7.91. The standard InChI is InChI=1S/C20H21NO5/c1-3-25-20(23)13-5-4-6-16(10-13)21-19(22)15-9-14-11-17(24-2)7-8-18(14)26-12-15/h4-8,10-11,15H,3,9,12H2,1-2H3,(H,21,22)/t15-/m1/s1. The first-order valence-corrected chi connectivity index (χ1v) is 8.48. The van der Waals surface area contributed by atoms with E-state index in [4.69, 9.17) is 14.2 Å². The zero-order chi connectivity index (χ0) is 18.5. The van der Waals surface area contributed by atoms with Crippen molar-refractivity contribution in [2.75, 3.05) is 25.6 Å². The summed E-state index contributed by atoms with van der Waals surface area (Å²) >= 11 is 0. The van der Waals surface area contributed by atoms with E-state index in [1.807, 2.05) is 18.2 Å². The minimum absolute atomic E-state index is 0.153. The van der Waals surface area contributed by atoms with E-state index in [0.717, 1.165) is 17.1 Å². The van der Waals surface area contributed by atoms with E-state index in [1.54, 1.807) is 38.3 Å². The van der Waals surface area contributed by atoms with Crippen LogP contribution >= 0.6 is 0 Å². The first-order valence-electron chi connectivity index (χ1n) is 8.48. The van der Waals surface area contributed by atoms with Gasteiger partial charge in [0.2, 0.25) is 5.91 Å². The summed E-state index contributed by atoms with van der Waals surface area (Å²) in [4.78, 5) is 24.4. The monoisotopic (exact) mass is 355 g/mol. The summed E-state index contributed by atoms with van der Waals surface area (Å²) in [6.07, 6.45) is 0.565. The molecule has 0 saturated heterocycles. The topological polar surface area (TPSA) is 73.9 Å². The van der Waals surface area contributed by atoms with Crippen molar-refractivity contribution < 1.29 is 23.8 Å². The Kier molecular flexibility index (Phi) is 5.41. The molecular weight excluding hydrogens is 334 g/mol. The molecule has 0 aromatic heterocycles. The van der Waals surface area contributed by atoms with E-state index < -0.39 is 5.97 Å². The lowest BCUT2D eigenvalue weighted by Gasteiger charge is -2.25. The molecule has 1 aliphatic heterocycles. The van der Waals surface area contributed by atoms with Gasteiger partial charge in [-0.25, -0.2) is 4.79 Å². The summed E-state index contributed by atoms with van der Waals surface area (Å²) in [5, 5.41) is 2.85. The number of hydrogen-bond acceptors (Lipinski definition) is 5. The molecule has 6 nitrogen and oxygen atoms in total. The molecule has 1 heterocycles. The van der Waals surface area contributed by atoms with E-state index >= 15 is 0 Å². The second-order valence-corrected chi connectivity index (χ2v) is 5.98. The first kappa shape index (κ1) is 17.8. The maximum atomic E-state index is 12.6. The average Bonchev–Trinajstić information content (AvgIpc) is 2.67. The van der Waals surface area contributed by atoms with E-state index in [0.29, 0.717) is 30.9 Å². The number of anilines is 1. The zero-order valence-corrected chi connectivity index (χ0v) is 14.8. The molecule has 2 aromatic rings. The summed E-state index contributed by atoms with van der Waals surface area (Å²) in [7, 11) is 1.60. The van der Waals surface area contributed by atoms with Gasteiger partial charge in [-0.3, -0.25) is 4.79 Å². The molecule has 1 amide bonds. The molecule has 0 radical (unpaired) electrons. The van der Waals surface area contributed by atoms with Gasteiger partial charge < -0.3 is 19.5 Å². The van der Waals surface area contributed by atoms with Crippen LogP contribution in [0.1, 0.15) is 22.8 Å². The Labute approximate surface area is 152 Å². The Balaban J connectivity index is 1.69. The van der Waals surface area contributed by atoms with Gasteiger partial charge in [-0.15, -0.1) is 0 Å². The van der Waals surface area contributed by atoms with Gasteiger partial charge in [-0.05, 0) is 55.3 Å². The lowest BCUT2D eigenvalue weighted by Crippen LogP contribution is -2.32. The van der Waals surface area contributed by atoms with Crippen LogP contribution in [0.2, 0.25) is 0 Å². The lowest BCUT2D eigenvalue weighted by molar-refractivity contribution is -0.121. The lowest BCUT2D eigenvalue weighted by atomic mass is 9.95. The molecule has 0 fully saturated rings. The van der Waals surface area contributed by atoms with Crippen molar-refractivity contribution in [3.63, 3.8) is 0 Å². The van der Waals surface area contributed by atoms with E-state index in [2.05, 4.69) is 5.32 Å². The van der Waals surface area contributed by atoms with Crippen molar-refractivity contribution in [1.82, 2.24) is 0 Å². The molecule has 0 unspecified atom stereocenters. The van der Waals surface area contributed by atoms with E-state index in [1.165, 1.54) is 0 Å².